The van der Waals surface area contributed by atoms with Crippen LogP contribution >= 0.6 is 0 Å². The summed E-state index contributed by atoms with van der Waals surface area (Å²) >= 11 is 0. The molecule has 0 saturated heterocycles. The summed E-state index contributed by atoms with van der Waals surface area (Å²) in [6, 6.07) is 0. The Morgan fingerprint density at radius 3 is 2.00 bits per heavy atom. The quantitative estimate of drug-likeness (QED) is 0.214. The predicted octanol–water partition coefficient (Wildman–Crippen LogP) is -3.83. The van der Waals surface area contributed by atoms with Gasteiger partial charge in [-0.25, -0.2) is 8.42 Å². The third-order valence-corrected chi connectivity index (χ3v) is 0.780. The summed E-state index contributed by atoms with van der Waals surface area (Å²) in [6.45, 7) is 0. The van der Waals surface area contributed by atoms with E-state index in [0.29, 0.717) is 0 Å². The molecule has 0 radical (unpaired) electrons. The van der Waals surface area contributed by atoms with Crippen molar-refractivity contribution < 1.29 is 42.5 Å². The Morgan fingerprint density at radius 2 is 2.00 bits per heavy atom. The first kappa shape index (κ1) is 11.3. The van der Waals surface area contributed by atoms with Crippen LogP contribution in [0.4, 0.5) is 0 Å². The largest absolute Gasteiger partial charge is 1.00 e. The monoisotopic (exact) mass is 142 g/mol. The van der Waals surface area contributed by atoms with Gasteiger partial charge in [-0.1, -0.05) is 5.92 Å². The summed E-state index contributed by atoms with van der Waals surface area (Å²) in [7, 11) is -4.16. The van der Waals surface area contributed by atoms with Gasteiger partial charge in [-0.3, -0.25) is 0 Å². The van der Waals surface area contributed by atoms with E-state index in [1.54, 1.807) is 5.92 Å². The van der Waals surface area contributed by atoms with Crippen LogP contribution in [-0.2, 0) is 10.1 Å². The van der Waals surface area contributed by atoms with Crippen LogP contribution in [0.1, 0.15) is 0 Å². The molecule has 5 heteroatoms. The van der Waals surface area contributed by atoms with Crippen LogP contribution in [0.3, 0.4) is 0 Å². The maximum atomic E-state index is 9.53. The summed E-state index contributed by atoms with van der Waals surface area (Å²) in [5, 5.41) is 0. The van der Waals surface area contributed by atoms with Gasteiger partial charge in [-0.2, -0.15) is 0 Å². The molecule has 0 aliphatic carbocycles. The SMILES string of the molecule is C#CCS(=O)(=O)[O-].[Na+]. The fourth-order valence-corrected chi connectivity index (χ4v) is 0.306. The zero-order valence-electron chi connectivity index (χ0n) is 4.42. The molecule has 0 aliphatic rings. The molecule has 3 nitrogen and oxygen atoms in total. The summed E-state index contributed by atoms with van der Waals surface area (Å²) in [5.41, 5.74) is 0. The normalized spacial score (nSPS) is 9.00. The van der Waals surface area contributed by atoms with Gasteiger partial charge in [-0.15, -0.1) is 6.42 Å². The van der Waals surface area contributed by atoms with E-state index in [9.17, 15) is 13.0 Å². The van der Waals surface area contributed by atoms with Gasteiger partial charge in [0.05, 0.1) is 5.75 Å². The van der Waals surface area contributed by atoms with Crippen molar-refractivity contribution in [3.63, 3.8) is 0 Å². The molecule has 0 aromatic carbocycles. The van der Waals surface area contributed by atoms with Gasteiger partial charge in [0, 0.05) is 0 Å². The fourth-order valence-electron chi connectivity index (χ4n) is 0.102. The molecule has 40 valence electrons. The molecule has 0 N–H and O–H groups in total. The summed E-state index contributed by atoms with van der Waals surface area (Å²) in [4.78, 5) is 0. The molecule has 0 aromatic heterocycles. The fraction of sp³-hybridized carbons (Fsp3) is 0.333. The molecule has 0 spiro atoms. The maximum absolute atomic E-state index is 9.53. The molecule has 0 amide bonds. The predicted molar refractivity (Wildman–Crippen MR) is 23.4 cm³/mol. The van der Waals surface area contributed by atoms with Crippen molar-refractivity contribution in [1.29, 1.82) is 0 Å². The topological polar surface area (TPSA) is 57.2 Å². The summed E-state index contributed by atoms with van der Waals surface area (Å²) in [6.07, 6.45) is 4.49. The summed E-state index contributed by atoms with van der Waals surface area (Å²) in [5.74, 6) is 0.992. The first-order valence-electron chi connectivity index (χ1n) is 1.43. The number of rotatable bonds is 1. The van der Waals surface area contributed by atoms with E-state index < -0.39 is 15.9 Å². The van der Waals surface area contributed by atoms with E-state index >= 15 is 0 Å². The van der Waals surface area contributed by atoms with Gasteiger partial charge in [0.1, 0.15) is 10.1 Å². The van der Waals surface area contributed by atoms with E-state index in [-0.39, 0.29) is 29.6 Å². The minimum Gasteiger partial charge on any atom is -0.747 e. The second kappa shape index (κ2) is 4.36. The van der Waals surface area contributed by atoms with Gasteiger partial charge in [0.25, 0.3) is 0 Å². The van der Waals surface area contributed by atoms with Crippen LogP contribution in [0.25, 0.3) is 0 Å². The first-order valence-corrected chi connectivity index (χ1v) is 3.01. The smallest absolute Gasteiger partial charge is 0.747 e. The molecule has 8 heavy (non-hydrogen) atoms. The van der Waals surface area contributed by atoms with Crippen molar-refractivity contribution >= 4 is 10.1 Å². The van der Waals surface area contributed by atoms with E-state index in [4.69, 9.17) is 0 Å². The number of hydrogen-bond donors (Lipinski definition) is 0. The molecule has 0 saturated carbocycles. The van der Waals surface area contributed by atoms with E-state index in [1.165, 1.54) is 0 Å². The Kier molecular flexibility index (Phi) is 6.15. The third kappa shape index (κ3) is 9.69. The molecule has 0 bridgehead atoms. The van der Waals surface area contributed by atoms with Crippen molar-refractivity contribution in [2.75, 3.05) is 5.75 Å². The average molecular weight is 142 g/mol. The zero-order chi connectivity index (χ0) is 5.91. The first-order chi connectivity index (χ1) is 3.06. The molecule has 0 fully saturated rings. The Bertz CT molecular complexity index is 175. The third-order valence-electron chi connectivity index (χ3n) is 0.260. The van der Waals surface area contributed by atoms with Gasteiger partial charge in [-0.05, 0) is 0 Å². The van der Waals surface area contributed by atoms with Crippen molar-refractivity contribution in [3.05, 3.63) is 0 Å². The van der Waals surface area contributed by atoms with Crippen LogP contribution in [0, 0.1) is 12.3 Å². The van der Waals surface area contributed by atoms with E-state index in [0.717, 1.165) is 0 Å². The van der Waals surface area contributed by atoms with Gasteiger partial charge >= 0.3 is 29.6 Å². The van der Waals surface area contributed by atoms with Gasteiger partial charge in [0.15, 0.2) is 0 Å². The molecule has 0 aromatic rings. The molecular formula is C3H3NaO3S. The second-order valence-electron chi connectivity index (χ2n) is 0.906. The second-order valence-corrected chi connectivity index (χ2v) is 2.31. The minimum absolute atomic E-state index is 0. The Morgan fingerprint density at radius 1 is 1.62 bits per heavy atom. The van der Waals surface area contributed by atoms with Crippen LogP contribution in [0.5, 0.6) is 0 Å². The van der Waals surface area contributed by atoms with Crippen molar-refractivity contribution in [3.8, 4) is 12.3 Å². The maximum Gasteiger partial charge on any atom is 1.00 e. The van der Waals surface area contributed by atoms with Crippen LogP contribution in [0.2, 0.25) is 0 Å². The number of terminal acetylenes is 1. The van der Waals surface area contributed by atoms with Crippen molar-refractivity contribution in [2.24, 2.45) is 0 Å². The Hall–Kier alpha value is 0.470. The molecule has 0 atom stereocenters. The standard InChI is InChI=1S/C3H4O3S.Na/c1-2-3-7(4,5)6;/h1H,3H2,(H,4,5,6);/q;+1/p-1. The molecule has 0 aliphatic heterocycles. The van der Waals surface area contributed by atoms with Crippen molar-refractivity contribution in [1.82, 2.24) is 0 Å². The van der Waals surface area contributed by atoms with Gasteiger partial charge < -0.3 is 4.55 Å². The van der Waals surface area contributed by atoms with E-state index in [2.05, 4.69) is 6.42 Å². The van der Waals surface area contributed by atoms with Crippen molar-refractivity contribution in [2.45, 2.75) is 0 Å². The molecule has 0 rings (SSSR count). The molecular weight excluding hydrogens is 139 g/mol. The Labute approximate surface area is 70.5 Å². The molecule has 0 heterocycles. The average Bonchev–Trinajstić information content (AvgIpc) is 1.30. The van der Waals surface area contributed by atoms with Crippen LogP contribution in [-0.4, -0.2) is 18.7 Å². The Balaban J connectivity index is 0. The van der Waals surface area contributed by atoms with Gasteiger partial charge in [0.2, 0.25) is 0 Å². The van der Waals surface area contributed by atoms with Crippen LogP contribution < -0.4 is 29.6 Å². The van der Waals surface area contributed by atoms with Crippen LogP contribution in [0.15, 0.2) is 0 Å². The number of hydrogen-bond acceptors (Lipinski definition) is 3. The summed E-state index contributed by atoms with van der Waals surface area (Å²) < 4.78 is 28.6. The molecule has 0 unspecified atom stereocenters. The minimum atomic E-state index is -4.16. The van der Waals surface area contributed by atoms with E-state index in [1.807, 2.05) is 0 Å². The zero-order valence-corrected chi connectivity index (χ0v) is 7.23.